The predicted octanol–water partition coefficient (Wildman–Crippen LogP) is 1.92. The summed E-state index contributed by atoms with van der Waals surface area (Å²) in [6.45, 7) is 2.33. The summed E-state index contributed by atoms with van der Waals surface area (Å²) < 4.78 is 0. The Bertz CT molecular complexity index is 193. The van der Waals surface area contributed by atoms with E-state index >= 15 is 0 Å². The fourth-order valence-electron chi connectivity index (χ4n) is 1.16. The van der Waals surface area contributed by atoms with Crippen molar-refractivity contribution in [2.24, 2.45) is 5.92 Å². The van der Waals surface area contributed by atoms with Crippen molar-refractivity contribution in [3.63, 3.8) is 0 Å². The van der Waals surface area contributed by atoms with Gasteiger partial charge in [-0.2, -0.15) is 0 Å². The number of hydrogen-bond acceptors (Lipinski definition) is 0. The van der Waals surface area contributed by atoms with Crippen molar-refractivity contribution in [1.82, 2.24) is 0 Å². The zero-order valence-electron chi connectivity index (χ0n) is 7.38. The Morgan fingerprint density at radius 2 is 1.91 bits per heavy atom. The summed E-state index contributed by atoms with van der Waals surface area (Å²) in [7, 11) is 0. The first kappa shape index (κ1) is 8.85. The van der Waals surface area contributed by atoms with E-state index < -0.39 is 0 Å². The van der Waals surface area contributed by atoms with Crippen LogP contribution in [0.15, 0.2) is 30.3 Å². The summed E-state index contributed by atoms with van der Waals surface area (Å²) in [5.41, 5.74) is 1.48. The van der Waals surface area contributed by atoms with E-state index in [1.165, 1.54) is 33.6 Å². The lowest BCUT2D eigenvalue weighted by Gasteiger charge is -2.07. The van der Waals surface area contributed by atoms with Gasteiger partial charge in [0.1, 0.15) is 0 Å². The van der Waals surface area contributed by atoms with Gasteiger partial charge in [-0.15, -0.1) is 0 Å². The van der Waals surface area contributed by atoms with E-state index in [-0.39, 0.29) is 0 Å². The van der Waals surface area contributed by atoms with Gasteiger partial charge in [0.05, 0.1) is 0 Å². The average Bonchev–Trinajstić information content (AvgIpc) is 2.06. The molecule has 1 aromatic rings. The lowest BCUT2D eigenvalue weighted by molar-refractivity contribution is 0.646. The van der Waals surface area contributed by atoms with Crippen LogP contribution in [0.1, 0.15) is 12.5 Å². The lowest BCUT2D eigenvalue weighted by atomic mass is 10.0. The molecule has 0 bridgehead atoms. The van der Waals surface area contributed by atoms with Crippen molar-refractivity contribution in [3.05, 3.63) is 35.9 Å². The molecule has 0 nitrogen and oxygen atoms in total. The molecule has 0 aromatic heterocycles. The molecule has 58 valence electrons. The Labute approximate surface area is 77.1 Å². The van der Waals surface area contributed by atoms with Crippen molar-refractivity contribution in [3.8, 4) is 0 Å². The third-order valence-electron chi connectivity index (χ3n) is 2.12. The summed E-state index contributed by atoms with van der Waals surface area (Å²) in [5, 5.41) is 1.41. The minimum Gasteiger partial charge on any atom is -0.0984 e. The molecule has 0 fully saturated rings. The highest BCUT2D eigenvalue weighted by molar-refractivity contribution is 6.08. The molecule has 0 spiro atoms. The molecule has 1 atom stereocenters. The molecule has 0 saturated heterocycles. The second-order valence-corrected chi connectivity index (χ2v) is 4.02. The molecular weight excluding hydrogens is 147 g/mol. The van der Waals surface area contributed by atoms with Crippen molar-refractivity contribution in [2.45, 2.75) is 18.6 Å². The normalized spacial score (nSPS) is 12.8. The van der Waals surface area contributed by atoms with Crippen LogP contribution in [0.2, 0.25) is 5.28 Å². The molecular formula is C10H15Al. The van der Waals surface area contributed by atoms with E-state index in [1.807, 2.05) is 0 Å². The molecule has 1 aromatic carbocycles. The van der Waals surface area contributed by atoms with Crippen molar-refractivity contribution < 1.29 is 0 Å². The molecule has 0 aliphatic rings. The standard InChI is InChI=1S/C10H13.Al.2H/c1-9(2)8-10-6-4-3-5-7-10;;;/h3-7,9H,1,8H2,2H3;;;. The summed E-state index contributed by atoms with van der Waals surface area (Å²) in [6, 6.07) is 10.8. The van der Waals surface area contributed by atoms with Gasteiger partial charge in [0.2, 0.25) is 16.3 Å². The lowest BCUT2D eigenvalue weighted by Crippen LogP contribution is -1.97. The largest absolute Gasteiger partial charge is 0.212 e. The van der Waals surface area contributed by atoms with E-state index in [0.29, 0.717) is 0 Å². The zero-order chi connectivity index (χ0) is 8.10. The Hall–Kier alpha value is -0.248. The van der Waals surface area contributed by atoms with Gasteiger partial charge < -0.3 is 0 Å². The Morgan fingerprint density at radius 3 is 2.45 bits per heavy atom. The smallest absolute Gasteiger partial charge is 0.0984 e. The zero-order valence-corrected chi connectivity index (χ0v) is 9.38. The van der Waals surface area contributed by atoms with Gasteiger partial charge in [-0.25, -0.2) is 0 Å². The second-order valence-electron chi connectivity index (χ2n) is 3.20. The molecule has 0 aliphatic heterocycles. The van der Waals surface area contributed by atoms with E-state index in [0.717, 1.165) is 5.92 Å². The monoisotopic (exact) mass is 162 g/mol. The predicted molar refractivity (Wildman–Crippen MR) is 52.7 cm³/mol. The molecule has 11 heavy (non-hydrogen) atoms. The van der Waals surface area contributed by atoms with Crippen LogP contribution in [-0.4, -0.2) is 16.3 Å². The van der Waals surface area contributed by atoms with Crippen LogP contribution in [0.4, 0.5) is 0 Å². The van der Waals surface area contributed by atoms with Crippen LogP contribution in [0.25, 0.3) is 0 Å². The molecule has 0 radical (unpaired) electrons. The number of benzene rings is 1. The minimum atomic E-state index is 0.879. The van der Waals surface area contributed by atoms with Gasteiger partial charge in [0, 0.05) is 0 Å². The van der Waals surface area contributed by atoms with Crippen LogP contribution in [0.3, 0.4) is 0 Å². The highest BCUT2D eigenvalue weighted by Crippen LogP contribution is 2.09. The van der Waals surface area contributed by atoms with Gasteiger partial charge in [-0.1, -0.05) is 48.5 Å². The molecule has 1 rings (SSSR count). The minimum absolute atomic E-state index is 0.879. The Morgan fingerprint density at radius 1 is 1.27 bits per heavy atom. The third-order valence-corrected chi connectivity index (χ3v) is 3.52. The van der Waals surface area contributed by atoms with Crippen LogP contribution in [0.5, 0.6) is 0 Å². The van der Waals surface area contributed by atoms with Crippen LogP contribution >= 0.6 is 0 Å². The van der Waals surface area contributed by atoms with E-state index in [4.69, 9.17) is 0 Å². The second kappa shape index (κ2) is 4.59. The summed E-state index contributed by atoms with van der Waals surface area (Å²) in [5.74, 6) is 0.879. The Kier molecular flexibility index (Phi) is 3.69. The molecule has 0 aliphatic carbocycles. The quantitative estimate of drug-likeness (QED) is 0.596. The van der Waals surface area contributed by atoms with Gasteiger partial charge in [0.15, 0.2) is 0 Å². The van der Waals surface area contributed by atoms with Crippen molar-refractivity contribution in [2.75, 3.05) is 0 Å². The topological polar surface area (TPSA) is 0 Å². The van der Waals surface area contributed by atoms with Gasteiger partial charge in [-0.3, -0.25) is 0 Å². The molecule has 0 N–H and O–H groups in total. The summed E-state index contributed by atoms with van der Waals surface area (Å²) in [4.78, 5) is 0. The number of rotatable bonds is 3. The van der Waals surface area contributed by atoms with Crippen molar-refractivity contribution >= 4 is 16.3 Å². The fourth-order valence-corrected chi connectivity index (χ4v) is 1.45. The molecule has 1 unspecified atom stereocenters. The van der Waals surface area contributed by atoms with Crippen molar-refractivity contribution in [1.29, 1.82) is 0 Å². The maximum Gasteiger partial charge on any atom is 0.212 e. The van der Waals surface area contributed by atoms with E-state index in [1.54, 1.807) is 0 Å². The first-order valence-corrected chi connectivity index (χ1v) is 5.78. The van der Waals surface area contributed by atoms with Gasteiger partial charge >= 0.3 is 0 Å². The Balaban J connectivity index is 2.51. The number of hydrogen-bond donors (Lipinski definition) is 0. The van der Waals surface area contributed by atoms with Crippen LogP contribution in [-0.2, 0) is 6.42 Å². The SMILES string of the molecule is CC([CH2][AlH2])Cc1ccccc1. The maximum absolute atomic E-state index is 2.33. The molecule has 0 heterocycles. The average molecular weight is 162 g/mol. The highest BCUT2D eigenvalue weighted by Gasteiger charge is 1.98. The van der Waals surface area contributed by atoms with Crippen LogP contribution < -0.4 is 0 Å². The van der Waals surface area contributed by atoms with E-state index in [9.17, 15) is 0 Å². The summed E-state index contributed by atoms with van der Waals surface area (Å²) >= 11 is 1.33. The molecule has 1 heteroatoms. The maximum atomic E-state index is 2.33. The first-order valence-electron chi connectivity index (χ1n) is 4.37. The van der Waals surface area contributed by atoms with E-state index in [2.05, 4.69) is 37.3 Å². The fraction of sp³-hybridized carbons (Fsp3) is 0.400. The van der Waals surface area contributed by atoms with Gasteiger partial charge in [0.25, 0.3) is 0 Å². The third kappa shape index (κ3) is 3.10. The van der Waals surface area contributed by atoms with Gasteiger partial charge in [-0.05, 0) is 12.0 Å². The first-order chi connectivity index (χ1) is 5.33. The van der Waals surface area contributed by atoms with Crippen LogP contribution in [0, 0.1) is 5.92 Å². The molecule has 0 amide bonds. The molecule has 0 saturated carbocycles. The summed E-state index contributed by atoms with van der Waals surface area (Å²) in [6.07, 6.45) is 1.25. The highest BCUT2D eigenvalue weighted by atomic mass is 27.0.